The summed E-state index contributed by atoms with van der Waals surface area (Å²) in [5.41, 5.74) is 13.0. The van der Waals surface area contributed by atoms with Crippen LogP contribution in [0.4, 0.5) is 10.6 Å². The lowest BCUT2D eigenvalue weighted by atomic mass is 10.0. The van der Waals surface area contributed by atoms with Crippen LogP contribution >= 0.6 is 0 Å². The fourth-order valence-corrected chi connectivity index (χ4v) is 2.80. The van der Waals surface area contributed by atoms with Gasteiger partial charge in [0.25, 0.3) is 0 Å². The van der Waals surface area contributed by atoms with Crippen molar-refractivity contribution in [1.82, 2.24) is 20.5 Å². The molecule has 2 atom stereocenters. The van der Waals surface area contributed by atoms with E-state index in [9.17, 15) is 9.59 Å². The highest BCUT2D eigenvalue weighted by Crippen LogP contribution is 2.23. The normalized spacial score (nSPS) is 13.1. The summed E-state index contributed by atoms with van der Waals surface area (Å²) in [6.45, 7) is 1.94. The molecule has 0 aliphatic rings. The van der Waals surface area contributed by atoms with Gasteiger partial charge >= 0.3 is 6.03 Å². The number of nitrogens with two attached hydrogens (primary N) is 2. The van der Waals surface area contributed by atoms with Gasteiger partial charge in [-0.05, 0) is 12.5 Å². The minimum atomic E-state index is -0.700. The van der Waals surface area contributed by atoms with E-state index in [2.05, 4.69) is 25.8 Å². The van der Waals surface area contributed by atoms with E-state index < -0.39 is 11.8 Å². The molecule has 2 heterocycles. The maximum atomic E-state index is 12.2. The number of anilines is 1. The first kappa shape index (κ1) is 18.3. The van der Waals surface area contributed by atoms with Crippen LogP contribution in [-0.4, -0.2) is 33.7 Å². The van der Waals surface area contributed by atoms with Gasteiger partial charge in [0.15, 0.2) is 0 Å². The average Bonchev–Trinajstić information content (AvgIpc) is 3.05. The monoisotopic (exact) mass is 367 g/mol. The highest BCUT2D eigenvalue weighted by Gasteiger charge is 2.22. The molecule has 27 heavy (non-hydrogen) atoms. The summed E-state index contributed by atoms with van der Waals surface area (Å²) in [6.07, 6.45) is 1.52. The average molecular weight is 367 g/mol. The number of carbonyl (C=O) groups excluding carboxylic acids is 2. The Bertz CT molecular complexity index is 955. The molecule has 1 unspecified atom stereocenters. The van der Waals surface area contributed by atoms with Gasteiger partial charge in [0.05, 0.1) is 23.2 Å². The number of aromatic amines is 1. The summed E-state index contributed by atoms with van der Waals surface area (Å²) < 4.78 is 0. The number of hydrogen-bond donors (Lipinski definition) is 5. The van der Waals surface area contributed by atoms with Crippen LogP contribution in [0.25, 0.3) is 10.9 Å². The first-order chi connectivity index (χ1) is 13.0. The highest BCUT2D eigenvalue weighted by atomic mass is 16.2. The Morgan fingerprint density at radius 3 is 2.67 bits per heavy atom. The Balaban J connectivity index is 1.72. The van der Waals surface area contributed by atoms with Gasteiger partial charge in [0, 0.05) is 24.2 Å². The van der Waals surface area contributed by atoms with Gasteiger partial charge in [0.1, 0.15) is 5.82 Å². The van der Waals surface area contributed by atoms with E-state index in [1.807, 2.05) is 37.3 Å². The van der Waals surface area contributed by atoms with Gasteiger partial charge in [-0.2, -0.15) is 5.10 Å². The van der Waals surface area contributed by atoms with Gasteiger partial charge in [-0.1, -0.05) is 30.3 Å². The van der Waals surface area contributed by atoms with Crippen LogP contribution in [0.2, 0.25) is 0 Å². The maximum absolute atomic E-state index is 12.2. The Labute approximate surface area is 155 Å². The van der Waals surface area contributed by atoms with Crippen molar-refractivity contribution in [2.45, 2.75) is 18.9 Å². The fourth-order valence-electron chi connectivity index (χ4n) is 2.80. The topological polar surface area (TPSA) is 152 Å². The molecule has 3 amide bonds. The molecule has 0 bridgehead atoms. The number of nitrogens with one attached hydrogen (secondary N) is 3. The molecule has 0 spiro atoms. The van der Waals surface area contributed by atoms with Gasteiger partial charge in [0.2, 0.25) is 5.91 Å². The molecule has 0 aliphatic carbocycles. The molecule has 9 heteroatoms. The molecule has 140 valence electrons. The van der Waals surface area contributed by atoms with Crippen molar-refractivity contribution >= 4 is 28.7 Å². The third-order valence-corrected chi connectivity index (χ3v) is 4.27. The molecule has 3 aromatic rings. The molecular weight excluding hydrogens is 346 g/mol. The number of rotatable bonds is 6. The van der Waals surface area contributed by atoms with Crippen molar-refractivity contribution in [3.8, 4) is 0 Å². The predicted molar refractivity (Wildman–Crippen MR) is 102 cm³/mol. The number of nitrogens with zero attached hydrogens (tertiary/aromatic N) is 2. The number of aromatic nitrogens is 3. The molecular formula is C18H21N7O2. The van der Waals surface area contributed by atoms with Crippen molar-refractivity contribution in [3.63, 3.8) is 0 Å². The summed E-state index contributed by atoms with van der Waals surface area (Å²) in [5.74, 6) is -0.907. The van der Waals surface area contributed by atoms with Crippen molar-refractivity contribution in [2.24, 2.45) is 11.5 Å². The fraction of sp³-hybridized carbons (Fsp3) is 0.222. The van der Waals surface area contributed by atoms with Gasteiger partial charge in [-0.3, -0.25) is 15.2 Å². The Hall–Kier alpha value is -3.46. The van der Waals surface area contributed by atoms with Crippen molar-refractivity contribution in [1.29, 1.82) is 0 Å². The van der Waals surface area contributed by atoms with E-state index in [1.54, 1.807) is 6.07 Å². The number of benzene rings is 1. The van der Waals surface area contributed by atoms with E-state index in [0.29, 0.717) is 22.4 Å². The molecule has 2 aromatic heterocycles. The Kier molecular flexibility index (Phi) is 5.32. The molecule has 0 fully saturated rings. The number of carbonyl (C=O) groups is 2. The molecule has 0 radical (unpaired) electrons. The first-order valence-electron chi connectivity index (χ1n) is 8.45. The minimum absolute atomic E-state index is 0.0507. The lowest BCUT2D eigenvalue weighted by molar-refractivity contribution is -0.119. The van der Waals surface area contributed by atoms with Crippen molar-refractivity contribution in [3.05, 3.63) is 53.9 Å². The quantitative estimate of drug-likeness (QED) is 0.445. The predicted octanol–water partition coefficient (Wildman–Crippen LogP) is 1.37. The van der Waals surface area contributed by atoms with E-state index in [0.717, 1.165) is 5.56 Å². The van der Waals surface area contributed by atoms with Crippen LogP contribution in [0.3, 0.4) is 0 Å². The molecule has 9 nitrogen and oxygen atoms in total. The Morgan fingerprint density at radius 2 is 2.00 bits per heavy atom. The van der Waals surface area contributed by atoms with Crippen LogP contribution in [0, 0.1) is 0 Å². The number of fused-ring (bicyclic) bond motifs is 1. The zero-order valence-corrected chi connectivity index (χ0v) is 14.8. The van der Waals surface area contributed by atoms with E-state index in [4.69, 9.17) is 11.5 Å². The zero-order valence-electron chi connectivity index (χ0n) is 14.8. The van der Waals surface area contributed by atoms with Crippen LogP contribution in [0.1, 0.15) is 30.1 Å². The highest BCUT2D eigenvalue weighted by molar-refractivity contribution is 5.93. The second-order valence-corrected chi connectivity index (χ2v) is 6.15. The van der Waals surface area contributed by atoms with Gasteiger partial charge in [-0.15, -0.1) is 0 Å². The van der Waals surface area contributed by atoms with Crippen molar-refractivity contribution < 1.29 is 9.59 Å². The maximum Gasteiger partial charge on any atom is 0.320 e. The van der Waals surface area contributed by atoms with Crippen LogP contribution < -0.4 is 22.1 Å². The van der Waals surface area contributed by atoms with Crippen LogP contribution in [-0.2, 0) is 4.79 Å². The second-order valence-electron chi connectivity index (χ2n) is 6.15. The molecule has 7 N–H and O–H groups in total. The summed E-state index contributed by atoms with van der Waals surface area (Å²) in [5, 5.41) is 13.1. The third kappa shape index (κ3) is 4.04. The summed E-state index contributed by atoms with van der Waals surface area (Å²) >= 11 is 0. The second kappa shape index (κ2) is 7.83. The zero-order chi connectivity index (χ0) is 19.4. The summed E-state index contributed by atoms with van der Waals surface area (Å²) in [7, 11) is 0. The molecule has 0 aliphatic heterocycles. The number of pyridine rings is 1. The van der Waals surface area contributed by atoms with Gasteiger partial charge in [-0.25, -0.2) is 9.78 Å². The molecule has 3 rings (SSSR count). The first-order valence-corrected chi connectivity index (χ1v) is 8.45. The SMILES string of the molecule is C[C@@H](NC(=O)Nc1cc2[nH]nc(C(CN)C(N)=O)c2cn1)c1ccccc1. The van der Waals surface area contributed by atoms with E-state index in [1.165, 1.54) is 6.20 Å². The van der Waals surface area contributed by atoms with Crippen LogP contribution in [0.5, 0.6) is 0 Å². The van der Waals surface area contributed by atoms with Crippen molar-refractivity contribution in [2.75, 3.05) is 11.9 Å². The van der Waals surface area contributed by atoms with Crippen LogP contribution in [0.15, 0.2) is 42.6 Å². The number of H-pyrrole nitrogens is 1. The number of hydrogen-bond acceptors (Lipinski definition) is 5. The van der Waals surface area contributed by atoms with E-state index >= 15 is 0 Å². The number of urea groups is 1. The molecule has 0 saturated carbocycles. The third-order valence-electron chi connectivity index (χ3n) is 4.27. The van der Waals surface area contributed by atoms with Gasteiger partial charge < -0.3 is 16.8 Å². The van der Waals surface area contributed by atoms with E-state index in [-0.39, 0.29) is 18.6 Å². The smallest absolute Gasteiger partial charge is 0.320 e. The molecule has 0 saturated heterocycles. The standard InChI is InChI=1S/C18H21N7O2/c1-10(11-5-3-2-4-6-11)22-18(27)23-15-7-14-13(9-21-15)16(25-24-14)12(8-19)17(20)26/h2-7,9-10,12H,8,19H2,1H3,(H2,20,26)(H,24,25)(H2,21,22,23,27)/t10-,12?/m1/s1. The summed E-state index contributed by atoms with van der Waals surface area (Å²) in [6, 6.07) is 10.7. The Morgan fingerprint density at radius 1 is 1.26 bits per heavy atom. The number of amides is 3. The lowest BCUT2D eigenvalue weighted by Crippen LogP contribution is -2.31. The molecule has 1 aromatic carbocycles. The minimum Gasteiger partial charge on any atom is -0.369 e. The largest absolute Gasteiger partial charge is 0.369 e. The summed E-state index contributed by atoms with van der Waals surface area (Å²) in [4.78, 5) is 27.9. The lowest BCUT2D eigenvalue weighted by Gasteiger charge is -2.14. The number of primary amides is 1.